The molecular formula is C14H24N2O4. The second kappa shape index (κ2) is 6.92. The molecule has 1 atom stereocenters. The molecule has 2 fully saturated rings. The summed E-state index contributed by atoms with van der Waals surface area (Å²) < 4.78 is 5.65. The van der Waals surface area contributed by atoms with Crippen molar-refractivity contribution in [3.63, 3.8) is 0 Å². The Kier molecular flexibility index (Phi) is 5.23. The normalized spacial score (nSPS) is 22.4. The van der Waals surface area contributed by atoms with Crippen LogP contribution in [-0.4, -0.2) is 65.8 Å². The number of carbonyl (C=O) groups excluding carboxylic acids is 1. The fourth-order valence-corrected chi connectivity index (χ4v) is 2.59. The van der Waals surface area contributed by atoms with Crippen LogP contribution in [0.4, 0.5) is 4.79 Å². The molecule has 0 bridgehead atoms. The quantitative estimate of drug-likeness (QED) is 0.803. The van der Waals surface area contributed by atoms with Crippen molar-refractivity contribution in [3.05, 3.63) is 0 Å². The number of hydrogen-bond donors (Lipinski definition) is 1. The molecule has 1 unspecified atom stereocenters. The van der Waals surface area contributed by atoms with E-state index in [9.17, 15) is 9.59 Å². The van der Waals surface area contributed by atoms with Crippen LogP contribution in [0.5, 0.6) is 0 Å². The number of amides is 2. The first kappa shape index (κ1) is 15.1. The van der Waals surface area contributed by atoms with E-state index < -0.39 is 5.97 Å². The van der Waals surface area contributed by atoms with Gasteiger partial charge in [-0.15, -0.1) is 0 Å². The fraction of sp³-hybridized carbons (Fsp3) is 0.857. The van der Waals surface area contributed by atoms with Gasteiger partial charge < -0.3 is 19.6 Å². The van der Waals surface area contributed by atoms with E-state index in [0.29, 0.717) is 13.1 Å². The van der Waals surface area contributed by atoms with E-state index in [4.69, 9.17) is 9.84 Å². The third-order valence-electron chi connectivity index (χ3n) is 3.88. The molecular weight excluding hydrogens is 260 g/mol. The summed E-state index contributed by atoms with van der Waals surface area (Å²) in [6, 6.07) is 0.166. The van der Waals surface area contributed by atoms with E-state index in [2.05, 4.69) is 0 Å². The van der Waals surface area contributed by atoms with Gasteiger partial charge in [-0.3, -0.25) is 4.79 Å². The van der Waals surface area contributed by atoms with E-state index in [1.165, 1.54) is 0 Å². The fourth-order valence-electron chi connectivity index (χ4n) is 2.59. The number of nitrogens with zero attached hydrogens (tertiary/aromatic N) is 2. The summed E-state index contributed by atoms with van der Waals surface area (Å²) in [6.45, 7) is 1.67. The molecule has 1 N–H and O–H groups in total. The molecule has 2 amide bonds. The maximum atomic E-state index is 12.4. The number of hydrogen-bond acceptors (Lipinski definition) is 3. The van der Waals surface area contributed by atoms with Gasteiger partial charge in [0.25, 0.3) is 0 Å². The molecule has 0 radical (unpaired) electrons. The highest BCUT2D eigenvalue weighted by Crippen LogP contribution is 2.28. The summed E-state index contributed by atoms with van der Waals surface area (Å²) in [5.41, 5.74) is 0. The summed E-state index contributed by atoms with van der Waals surface area (Å²) in [6.07, 6.45) is 5.35. The number of carboxylic acids is 1. The highest BCUT2D eigenvalue weighted by Gasteiger charge is 2.34. The van der Waals surface area contributed by atoms with Crippen molar-refractivity contribution in [1.29, 1.82) is 0 Å². The van der Waals surface area contributed by atoms with Gasteiger partial charge in [-0.25, -0.2) is 4.79 Å². The second-order valence-corrected chi connectivity index (χ2v) is 5.72. The summed E-state index contributed by atoms with van der Waals surface area (Å²) >= 11 is 0. The Bertz CT molecular complexity index is 351. The van der Waals surface area contributed by atoms with Crippen LogP contribution in [0, 0.1) is 0 Å². The molecule has 6 nitrogen and oxygen atoms in total. The van der Waals surface area contributed by atoms with Crippen LogP contribution in [0.15, 0.2) is 0 Å². The van der Waals surface area contributed by atoms with Crippen molar-refractivity contribution in [3.8, 4) is 0 Å². The number of carboxylic acid groups (broad SMARTS) is 1. The lowest BCUT2D eigenvalue weighted by Crippen LogP contribution is -2.46. The highest BCUT2D eigenvalue weighted by molar-refractivity contribution is 5.76. The zero-order valence-corrected chi connectivity index (χ0v) is 12.1. The van der Waals surface area contributed by atoms with Gasteiger partial charge in [-0.2, -0.15) is 0 Å². The Labute approximate surface area is 119 Å². The van der Waals surface area contributed by atoms with E-state index in [0.717, 1.165) is 38.7 Å². The smallest absolute Gasteiger partial charge is 0.320 e. The molecule has 1 saturated carbocycles. The molecule has 1 saturated heterocycles. The van der Waals surface area contributed by atoms with Crippen molar-refractivity contribution in [2.45, 2.75) is 50.7 Å². The number of rotatable bonds is 6. The Balaban J connectivity index is 1.83. The van der Waals surface area contributed by atoms with E-state index in [1.807, 2.05) is 0 Å². The van der Waals surface area contributed by atoms with Crippen LogP contribution in [0.25, 0.3) is 0 Å². The minimum absolute atomic E-state index is 0.00993. The average Bonchev–Trinajstić information content (AvgIpc) is 3.24. The molecule has 2 aliphatic rings. The molecule has 20 heavy (non-hydrogen) atoms. The number of likely N-dealkylation sites (N-methyl/N-ethyl adjacent to an activating group) is 1. The molecule has 0 spiro atoms. The molecule has 6 heteroatoms. The monoisotopic (exact) mass is 284 g/mol. The SMILES string of the molecule is CN(CC1CCCCO1)C(=O)N(CCC(=O)O)C1CC1. The Morgan fingerprint density at radius 1 is 1.25 bits per heavy atom. The molecule has 114 valence electrons. The Hall–Kier alpha value is -1.30. The summed E-state index contributed by atoms with van der Waals surface area (Å²) in [4.78, 5) is 26.5. The highest BCUT2D eigenvalue weighted by atomic mass is 16.5. The van der Waals surface area contributed by atoms with Crippen LogP contribution in [0.3, 0.4) is 0 Å². The van der Waals surface area contributed by atoms with Crippen LogP contribution >= 0.6 is 0 Å². The van der Waals surface area contributed by atoms with Crippen LogP contribution in [0.1, 0.15) is 38.5 Å². The van der Waals surface area contributed by atoms with Crippen molar-refractivity contribution in [1.82, 2.24) is 9.80 Å². The van der Waals surface area contributed by atoms with Gasteiger partial charge in [0.15, 0.2) is 0 Å². The average molecular weight is 284 g/mol. The molecule has 0 aromatic carbocycles. The predicted molar refractivity (Wildman–Crippen MR) is 73.6 cm³/mol. The lowest BCUT2D eigenvalue weighted by Gasteiger charge is -2.31. The van der Waals surface area contributed by atoms with E-state index in [-0.39, 0.29) is 24.6 Å². The van der Waals surface area contributed by atoms with E-state index in [1.54, 1.807) is 16.8 Å². The van der Waals surface area contributed by atoms with Crippen molar-refractivity contribution >= 4 is 12.0 Å². The maximum absolute atomic E-state index is 12.4. The predicted octanol–water partition coefficient (Wildman–Crippen LogP) is 1.55. The maximum Gasteiger partial charge on any atom is 0.320 e. The summed E-state index contributed by atoms with van der Waals surface area (Å²) in [7, 11) is 1.77. The summed E-state index contributed by atoms with van der Waals surface area (Å²) in [5.74, 6) is -0.860. The third-order valence-corrected chi connectivity index (χ3v) is 3.88. The lowest BCUT2D eigenvalue weighted by atomic mass is 10.1. The van der Waals surface area contributed by atoms with Crippen molar-refractivity contribution in [2.24, 2.45) is 0 Å². The molecule has 2 rings (SSSR count). The molecule has 0 aromatic rings. The van der Waals surface area contributed by atoms with Gasteiger partial charge in [0, 0.05) is 32.8 Å². The van der Waals surface area contributed by atoms with Crippen molar-refractivity contribution < 1.29 is 19.4 Å². The Morgan fingerprint density at radius 2 is 2.00 bits per heavy atom. The standard InChI is InChI=1S/C14H24N2O4/c1-15(10-12-4-2-3-9-20-12)14(19)16(11-5-6-11)8-7-13(17)18/h11-12H,2-10H2,1H3,(H,17,18). The van der Waals surface area contributed by atoms with Crippen LogP contribution < -0.4 is 0 Å². The zero-order chi connectivity index (χ0) is 14.5. The number of carbonyl (C=O) groups is 2. The Morgan fingerprint density at radius 3 is 2.55 bits per heavy atom. The zero-order valence-electron chi connectivity index (χ0n) is 12.1. The number of ether oxygens (including phenoxy) is 1. The number of aliphatic carboxylic acids is 1. The molecule has 0 aromatic heterocycles. The minimum Gasteiger partial charge on any atom is -0.481 e. The van der Waals surface area contributed by atoms with Gasteiger partial charge in [-0.05, 0) is 32.1 Å². The molecule has 1 aliphatic heterocycles. The minimum atomic E-state index is -0.860. The van der Waals surface area contributed by atoms with Gasteiger partial charge in [0.2, 0.25) is 0 Å². The van der Waals surface area contributed by atoms with Gasteiger partial charge in [0.05, 0.1) is 12.5 Å². The molecule has 1 heterocycles. The first-order valence-electron chi connectivity index (χ1n) is 7.43. The van der Waals surface area contributed by atoms with Crippen LogP contribution in [-0.2, 0) is 9.53 Å². The van der Waals surface area contributed by atoms with Crippen molar-refractivity contribution in [2.75, 3.05) is 26.7 Å². The first-order chi connectivity index (χ1) is 9.58. The topological polar surface area (TPSA) is 70.1 Å². The van der Waals surface area contributed by atoms with Gasteiger partial charge in [0.1, 0.15) is 0 Å². The molecule has 1 aliphatic carbocycles. The van der Waals surface area contributed by atoms with Crippen LogP contribution in [0.2, 0.25) is 0 Å². The third kappa shape index (κ3) is 4.37. The first-order valence-corrected chi connectivity index (χ1v) is 7.43. The number of urea groups is 1. The second-order valence-electron chi connectivity index (χ2n) is 5.72. The lowest BCUT2D eigenvalue weighted by molar-refractivity contribution is -0.137. The largest absolute Gasteiger partial charge is 0.481 e. The van der Waals surface area contributed by atoms with E-state index >= 15 is 0 Å². The summed E-state index contributed by atoms with van der Waals surface area (Å²) in [5, 5.41) is 8.77. The van der Waals surface area contributed by atoms with Gasteiger partial charge in [-0.1, -0.05) is 0 Å². The van der Waals surface area contributed by atoms with Gasteiger partial charge >= 0.3 is 12.0 Å².